The zero-order valence-electron chi connectivity index (χ0n) is 16.7. The monoisotopic (exact) mass is 499 g/mol. The fraction of sp³-hybridized carbons (Fsp3) is 0.0556. The summed E-state index contributed by atoms with van der Waals surface area (Å²) in [7, 11) is -3.90. The van der Waals surface area contributed by atoms with Crippen LogP contribution in [0.4, 0.5) is 27.1 Å². The highest BCUT2D eigenvalue weighted by Crippen LogP contribution is 2.39. The molecule has 0 atom stereocenters. The van der Waals surface area contributed by atoms with Crippen LogP contribution in [0.2, 0.25) is 0 Å². The van der Waals surface area contributed by atoms with Crippen molar-refractivity contribution in [3.8, 4) is 11.8 Å². The van der Waals surface area contributed by atoms with Crippen molar-refractivity contribution in [3.05, 3.63) is 41.6 Å². The van der Waals surface area contributed by atoms with E-state index in [1.54, 1.807) is 6.92 Å². The van der Waals surface area contributed by atoms with E-state index in [0.29, 0.717) is 32.2 Å². The maximum atomic E-state index is 11.6. The molecular weight excluding hydrogens is 486 g/mol. The first-order valence-corrected chi connectivity index (χ1v) is 12.0. The lowest BCUT2D eigenvalue weighted by molar-refractivity contribution is 0.477. The van der Waals surface area contributed by atoms with Crippen molar-refractivity contribution < 1.29 is 13.5 Å². The molecule has 33 heavy (non-hydrogen) atoms. The number of fused-ring (bicyclic) bond motifs is 1. The Morgan fingerprint density at radius 1 is 1.03 bits per heavy atom. The largest absolute Gasteiger partial charge is 0.506 e. The molecule has 0 aliphatic heterocycles. The van der Waals surface area contributed by atoms with Crippen molar-refractivity contribution in [1.29, 1.82) is 5.26 Å². The first-order valence-electron chi connectivity index (χ1n) is 8.92. The number of sulfonamides is 1. The van der Waals surface area contributed by atoms with Gasteiger partial charge in [0.2, 0.25) is 10.0 Å². The summed E-state index contributed by atoms with van der Waals surface area (Å²) in [5.74, 6) is -0.249. The van der Waals surface area contributed by atoms with Gasteiger partial charge in [0.05, 0.1) is 21.8 Å². The highest BCUT2D eigenvalue weighted by atomic mass is 32.2. The molecule has 0 spiro atoms. The van der Waals surface area contributed by atoms with E-state index in [4.69, 9.17) is 10.9 Å². The lowest BCUT2D eigenvalue weighted by atomic mass is 10.2. The Balaban J connectivity index is 1.69. The Kier molecular flexibility index (Phi) is 5.82. The standard InChI is InChI=1S/C18H13N9O3S3/c1-8-11(7-19)18(31-26-8)25-22-14-6-15(16(28)5-12(14)20)23-24-17-10-4-9(33(21,29)30)2-3-13(10)27-32-17/h2-6,28H,20H2,1H3,(H2,21,29,30)/b24-23+,25-22+. The molecule has 12 nitrogen and oxygen atoms in total. The van der Waals surface area contributed by atoms with Crippen LogP contribution >= 0.6 is 23.1 Å². The van der Waals surface area contributed by atoms with E-state index in [-0.39, 0.29) is 27.7 Å². The van der Waals surface area contributed by atoms with E-state index >= 15 is 0 Å². The minimum absolute atomic E-state index is 0.0447. The van der Waals surface area contributed by atoms with E-state index in [9.17, 15) is 18.8 Å². The molecule has 166 valence electrons. The van der Waals surface area contributed by atoms with Crippen LogP contribution in [-0.4, -0.2) is 22.3 Å². The van der Waals surface area contributed by atoms with Crippen LogP contribution < -0.4 is 10.9 Å². The average Bonchev–Trinajstić information content (AvgIpc) is 3.34. The number of primary sulfonamides is 1. The molecule has 2 heterocycles. The van der Waals surface area contributed by atoms with Gasteiger partial charge in [-0.05, 0) is 54.3 Å². The number of aromatic hydroxyl groups is 1. The van der Waals surface area contributed by atoms with Crippen molar-refractivity contribution >= 4 is 71.1 Å². The van der Waals surface area contributed by atoms with Crippen molar-refractivity contribution in [2.45, 2.75) is 11.8 Å². The van der Waals surface area contributed by atoms with Crippen LogP contribution in [0.25, 0.3) is 10.9 Å². The van der Waals surface area contributed by atoms with Crippen molar-refractivity contribution in [2.24, 2.45) is 25.6 Å². The number of benzene rings is 2. The summed E-state index contributed by atoms with van der Waals surface area (Å²) in [6, 6.07) is 8.86. The lowest BCUT2D eigenvalue weighted by Crippen LogP contribution is -2.11. The summed E-state index contributed by atoms with van der Waals surface area (Å²) >= 11 is 2.02. The number of nitrogens with two attached hydrogens (primary N) is 2. The second-order valence-electron chi connectivity index (χ2n) is 6.57. The zero-order chi connectivity index (χ0) is 23.8. The summed E-state index contributed by atoms with van der Waals surface area (Å²) in [5, 5.41) is 41.9. The second kappa shape index (κ2) is 8.60. The topological polar surface area (TPSA) is 205 Å². The van der Waals surface area contributed by atoms with Gasteiger partial charge < -0.3 is 10.8 Å². The summed E-state index contributed by atoms with van der Waals surface area (Å²) < 4.78 is 31.5. The highest BCUT2D eigenvalue weighted by molar-refractivity contribution is 7.89. The molecule has 0 saturated heterocycles. The third kappa shape index (κ3) is 4.54. The van der Waals surface area contributed by atoms with Crippen LogP contribution in [0.1, 0.15) is 11.3 Å². The van der Waals surface area contributed by atoms with Gasteiger partial charge in [0.25, 0.3) is 0 Å². The number of phenols is 1. The molecule has 4 aromatic rings. The van der Waals surface area contributed by atoms with E-state index < -0.39 is 10.0 Å². The lowest BCUT2D eigenvalue weighted by Gasteiger charge is -2.03. The summed E-state index contributed by atoms with van der Waals surface area (Å²) in [6.45, 7) is 1.69. The first kappa shape index (κ1) is 22.4. The van der Waals surface area contributed by atoms with Crippen LogP contribution in [0.15, 0.2) is 55.7 Å². The van der Waals surface area contributed by atoms with Gasteiger partial charge in [-0.15, -0.1) is 20.5 Å². The van der Waals surface area contributed by atoms with Gasteiger partial charge in [-0.2, -0.15) is 14.0 Å². The van der Waals surface area contributed by atoms with E-state index in [1.165, 1.54) is 30.3 Å². The first-order chi connectivity index (χ1) is 15.7. The molecule has 0 saturated carbocycles. The number of azo groups is 2. The molecule has 0 radical (unpaired) electrons. The predicted molar refractivity (Wildman–Crippen MR) is 123 cm³/mol. The number of phenolic OH excluding ortho intramolecular Hbond substituents is 1. The smallest absolute Gasteiger partial charge is 0.238 e. The number of rotatable bonds is 5. The third-order valence-electron chi connectivity index (χ3n) is 4.33. The molecule has 0 amide bonds. The number of anilines is 1. The van der Waals surface area contributed by atoms with E-state index in [2.05, 4.69) is 29.2 Å². The SMILES string of the molecule is Cc1nsc(/N=N/c2cc(/N=N/c3snc4ccc(S(N)(=O)=O)cc34)c(O)cc2N)c1C#N. The summed E-state index contributed by atoms with van der Waals surface area (Å²) in [5.41, 5.74) is 7.67. The molecule has 5 N–H and O–H groups in total. The molecule has 4 rings (SSSR count). The summed E-state index contributed by atoms with van der Waals surface area (Å²) in [4.78, 5) is -0.0836. The van der Waals surface area contributed by atoms with E-state index in [1.807, 2.05) is 6.07 Å². The Morgan fingerprint density at radius 2 is 1.73 bits per heavy atom. The Morgan fingerprint density at radius 3 is 2.45 bits per heavy atom. The Bertz CT molecular complexity index is 1600. The molecule has 0 unspecified atom stereocenters. The molecule has 0 aliphatic carbocycles. The number of aryl methyl sites for hydroxylation is 1. The van der Waals surface area contributed by atoms with Crippen molar-refractivity contribution in [2.75, 3.05) is 5.73 Å². The van der Waals surface area contributed by atoms with Crippen LogP contribution in [0, 0.1) is 18.3 Å². The van der Waals surface area contributed by atoms with E-state index in [0.717, 1.165) is 23.1 Å². The van der Waals surface area contributed by atoms with Gasteiger partial charge in [-0.3, -0.25) is 0 Å². The van der Waals surface area contributed by atoms with Crippen molar-refractivity contribution in [1.82, 2.24) is 8.75 Å². The number of hydrogen-bond donors (Lipinski definition) is 3. The molecule has 0 fully saturated rings. The van der Waals surface area contributed by atoms with Gasteiger partial charge in [-0.25, -0.2) is 13.6 Å². The van der Waals surface area contributed by atoms with Gasteiger partial charge in [-0.1, -0.05) is 0 Å². The van der Waals surface area contributed by atoms with Gasteiger partial charge in [0.15, 0.2) is 10.0 Å². The van der Waals surface area contributed by atoms with Crippen molar-refractivity contribution in [3.63, 3.8) is 0 Å². The zero-order valence-corrected chi connectivity index (χ0v) is 19.1. The number of aromatic nitrogens is 2. The van der Waals surface area contributed by atoms with Gasteiger partial charge >= 0.3 is 0 Å². The quantitative estimate of drug-likeness (QED) is 0.260. The number of hydrogen-bond acceptors (Lipinski definition) is 13. The van der Waals surface area contributed by atoms with Gasteiger partial charge in [0.1, 0.15) is 28.8 Å². The molecule has 15 heteroatoms. The van der Waals surface area contributed by atoms with Crippen LogP contribution in [0.3, 0.4) is 0 Å². The van der Waals surface area contributed by atoms with Gasteiger partial charge in [0, 0.05) is 11.5 Å². The number of nitriles is 1. The fourth-order valence-electron chi connectivity index (χ4n) is 2.66. The maximum absolute atomic E-state index is 11.6. The Labute approximate surface area is 194 Å². The normalized spacial score (nSPS) is 12.2. The highest BCUT2D eigenvalue weighted by Gasteiger charge is 2.14. The molecule has 2 aromatic heterocycles. The Hall–Kier alpha value is -3.84. The number of nitrogen functional groups attached to an aromatic ring is 1. The maximum Gasteiger partial charge on any atom is 0.238 e. The minimum Gasteiger partial charge on any atom is -0.506 e. The molecule has 0 aliphatic rings. The average molecular weight is 500 g/mol. The van der Waals surface area contributed by atoms with Crippen LogP contribution in [-0.2, 0) is 10.0 Å². The molecule has 2 aromatic carbocycles. The third-order valence-corrected chi connectivity index (χ3v) is 6.83. The second-order valence-corrected chi connectivity index (χ2v) is 9.64. The molecular formula is C18H13N9O3S3. The minimum atomic E-state index is -3.90. The fourth-order valence-corrected chi connectivity index (χ4v) is 4.56. The van der Waals surface area contributed by atoms with Crippen LogP contribution in [0.5, 0.6) is 5.75 Å². The number of nitrogens with zero attached hydrogens (tertiary/aromatic N) is 7. The predicted octanol–water partition coefficient (Wildman–Crippen LogP) is 4.70. The summed E-state index contributed by atoms with van der Waals surface area (Å²) in [6.07, 6.45) is 0. The molecule has 0 bridgehead atoms.